The molecule has 0 aromatic heterocycles. The molecule has 2 aromatic carbocycles. The van der Waals surface area contributed by atoms with Gasteiger partial charge in [-0.15, -0.1) is 0 Å². The van der Waals surface area contributed by atoms with Gasteiger partial charge in [0.1, 0.15) is 0 Å². The van der Waals surface area contributed by atoms with Crippen molar-refractivity contribution in [2.24, 2.45) is 0 Å². The van der Waals surface area contributed by atoms with Crippen LogP contribution in [0.5, 0.6) is 23.0 Å². The van der Waals surface area contributed by atoms with E-state index in [1.807, 2.05) is 18.2 Å². The number of Topliss-reactive ketones (excluding diaryl/α,β-unsaturated/α-hetero) is 1. The van der Waals surface area contributed by atoms with Gasteiger partial charge in [0.2, 0.25) is 0 Å². The van der Waals surface area contributed by atoms with Crippen molar-refractivity contribution in [2.75, 3.05) is 27.9 Å². The number of ether oxygens (including phenoxy) is 5. The zero-order chi connectivity index (χ0) is 28.3. The van der Waals surface area contributed by atoms with Crippen molar-refractivity contribution in [3.8, 4) is 23.0 Å². The topological polar surface area (TPSA) is 109 Å². The molecular formula is C30H33NO8. The first kappa shape index (κ1) is 27.8. The van der Waals surface area contributed by atoms with E-state index in [9.17, 15) is 14.4 Å². The van der Waals surface area contributed by atoms with E-state index in [0.29, 0.717) is 46.1 Å². The van der Waals surface area contributed by atoms with E-state index in [0.717, 1.165) is 11.3 Å². The number of ketones is 1. The summed E-state index contributed by atoms with van der Waals surface area (Å²) in [7, 11) is 4.62. The highest BCUT2D eigenvalue weighted by Crippen LogP contribution is 2.47. The van der Waals surface area contributed by atoms with Crippen molar-refractivity contribution in [3.05, 3.63) is 70.1 Å². The van der Waals surface area contributed by atoms with Gasteiger partial charge in [0.15, 0.2) is 28.8 Å². The maximum absolute atomic E-state index is 13.8. The number of carbonyl (C=O) groups excluding carboxylic acids is 3. The predicted octanol–water partition coefficient (Wildman–Crippen LogP) is 4.56. The van der Waals surface area contributed by atoms with Gasteiger partial charge < -0.3 is 29.0 Å². The fourth-order valence-electron chi connectivity index (χ4n) is 5.30. The molecule has 0 spiro atoms. The van der Waals surface area contributed by atoms with Gasteiger partial charge in [-0.3, -0.25) is 9.59 Å². The lowest BCUT2D eigenvalue weighted by Gasteiger charge is -2.37. The van der Waals surface area contributed by atoms with Gasteiger partial charge in [-0.1, -0.05) is 12.1 Å². The highest BCUT2D eigenvalue weighted by Gasteiger charge is 2.41. The molecule has 0 bridgehead atoms. The van der Waals surface area contributed by atoms with Crippen LogP contribution in [0.15, 0.2) is 58.9 Å². The molecule has 1 aliphatic carbocycles. The Balaban J connectivity index is 1.80. The summed E-state index contributed by atoms with van der Waals surface area (Å²) in [4.78, 5) is 38.6. The molecule has 1 N–H and O–H groups in total. The number of esters is 2. The number of hydrogen-bond donors (Lipinski definition) is 1. The molecular weight excluding hydrogens is 502 g/mol. The fourth-order valence-corrected chi connectivity index (χ4v) is 5.30. The van der Waals surface area contributed by atoms with Crippen molar-refractivity contribution in [1.29, 1.82) is 0 Å². The minimum Gasteiger partial charge on any atom is -0.493 e. The first-order valence-corrected chi connectivity index (χ1v) is 12.7. The first-order chi connectivity index (χ1) is 18.7. The summed E-state index contributed by atoms with van der Waals surface area (Å²) in [5.41, 5.74) is 3.84. The number of allylic oxidation sites excluding steroid dienone is 3. The van der Waals surface area contributed by atoms with Crippen LogP contribution in [0, 0.1) is 0 Å². The van der Waals surface area contributed by atoms with E-state index in [-0.39, 0.29) is 30.5 Å². The molecule has 0 fully saturated rings. The van der Waals surface area contributed by atoms with Crippen LogP contribution in [0.1, 0.15) is 56.6 Å². The third kappa shape index (κ3) is 5.48. The SMILES string of the molecule is CCOC(=O)C1=C(C)NC2=C(C(=O)C[C@H](c3ccc(OC)c(OC)c3)C2)[C@@H]1c1ccc(OC(C)=O)c(OC)c1. The van der Waals surface area contributed by atoms with Crippen LogP contribution in [0.2, 0.25) is 0 Å². The van der Waals surface area contributed by atoms with Gasteiger partial charge in [-0.05, 0) is 61.6 Å². The van der Waals surface area contributed by atoms with E-state index in [4.69, 9.17) is 23.7 Å². The Morgan fingerprint density at radius 2 is 1.51 bits per heavy atom. The fraction of sp³-hybridized carbons (Fsp3) is 0.367. The second-order valence-corrected chi connectivity index (χ2v) is 9.36. The van der Waals surface area contributed by atoms with Gasteiger partial charge in [-0.2, -0.15) is 0 Å². The van der Waals surface area contributed by atoms with Gasteiger partial charge in [0.25, 0.3) is 0 Å². The Labute approximate surface area is 227 Å². The summed E-state index contributed by atoms with van der Waals surface area (Å²) < 4.78 is 27.0. The van der Waals surface area contributed by atoms with E-state index in [1.165, 1.54) is 14.0 Å². The summed E-state index contributed by atoms with van der Waals surface area (Å²) in [5.74, 6) is -0.0706. The molecule has 206 valence electrons. The maximum Gasteiger partial charge on any atom is 0.336 e. The van der Waals surface area contributed by atoms with Gasteiger partial charge in [0, 0.05) is 36.2 Å². The van der Waals surface area contributed by atoms with Crippen LogP contribution in [-0.2, 0) is 19.1 Å². The normalized spacial score (nSPS) is 18.7. The summed E-state index contributed by atoms with van der Waals surface area (Å²) in [6, 6.07) is 10.7. The Morgan fingerprint density at radius 1 is 0.897 bits per heavy atom. The molecule has 39 heavy (non-hydrogen) atoms. The lowest BCUT2D eigenvalue weighted by atomic mass is 9.71. The minimum atomic E-state index is -0.681. The average molecular weight is 536 g/mol. The number of rotatable bonds is 8. The van der Waals surface area contributed by atoms with Crippen molar-refractivity contribution in [1.82, 2.24) is 5.32 Å². The summed E-state index contributed by atoms with van der Waals surface area (Å²) in [6.07, 6.45) is 0.813. The molecule has 2 aliphatic rings. The molecule has 4 rings (SSSR count). The Hall–Kier alpha value is -4.27. The Morgan fingerprint density at radius 3 is 2.15 bits per heavy atom. The zero-order valence-corrected chi connectivity index (χ0v) is 23.0. The number of carbonyl (C=O) groups is 3. The standard InChI is InChI=1S/C30H33NO8/c1-7-38-30(34)27-16(2)31-21-12-20(18-8-10-23(35-4)25(14-18)36-5)13-22(33)29(21)28(27)19-9-11-24(39-17(3)32)26(15-19)37-6/h8-11,14-15,20,28,31H,7,12-13H2,1-6H3/t20-,28-/m1/s1. The number of dihydropyridines is 1. The van der Waals surface area contributed by atoms with Crippen LogP contribution in [0.25, 0.3) is 0 Å². The second-order valence-electron chi connectivity index (χ2n) is 9.36. The molecule has 0 saturated heterocycles. The van der Waals surface area contributed by atoms with E-state index in [2.05, 4.69) is 5.32 Å². The molecule has 0 amide bonds. The number of nitrogens with one attached hydrogen (secondary N) is 1. The van der Waals surface area contributed by atoms with Gasteiger partial charge in [-0.25, -0.2) is 4.79 Å². The third-order valence-electron chi connectivity index (χ3n) is 6.98. The molecule has 9 nitrogen and oxygen atoms in total. The largest absolute Gasteiger partial charge is 0.493 e. The van der Waals surface area contributed by atoms with E-state index >= 15 is 0 Å². The van der Waals surface area contributed by atoms with Crippen molar-refractivity contribution in [2.45, 2.75) is 45.4 Å². The summed E-state index contributed by atoms with van der Waals surface area (Å²) in [5, 5.41) is 3.34. The van der Waals surface area contributed by atoms with Crippen LogP contribution in [-0.4, -0.2) is 45.7 Å². The molecule has 2 aromatic rings. The lowest BCUT2D eigenvalue weighted by Crippen LogP contribution is -2.36. The minimum absolute atomic E-state index is 0.0779. The first-order valence-electron chi connectivity index (χ1n) is 12.7. The lowest BCUT2D eigenvalue weighted by molar-refractivity contribution is -0.139. The molecule has 1 aliphatic heterocycles. The number of methoxy groups -OCH3 is 3. The van der Waals surface area contributed by atoms with E-state index in [1.54, 1.807) is 46.3 Å². The molecule has 2 atom stereocenters. The highest BCUT2D eigenvalue weighted by molar-refractivity contribution is 6.04. The van der Waals surface area contributed by atoms with Crippen LogP contribution in [0.3, 0.4) is 0 Å². The smallest absolute Gasteiger partial charge is 0.336 e. The Bertz CT molecular complexity index is 1370. The average Bonchev–Trinajstić information content (AvgIpc) is 2.91. The van der Waals surface area contributed by atoms with Crippen LogP contribution in [0.4, 0.5) is 0 Å². The second kappa shape index (κ2) is 11.6. The van der Waals surface area contributed by atoms with Crippen molar-refractivity contribution >= 4 is 17.7 Å². The summed E-state index contributed by atoms with van der Waals surface area (Å²) >= 11 is 0. The zero-order valence-electron chi connectivity index (χ0n) is 23.0. The van der Waals surface area contributed by atoms with Crippen LogP contribution < -0.4 is 24.3 Å². The molecule has 0 radical (unpaired) electrons. The monoisotopic (exact) mass is 535 g/mol. The van der Waals surface area contributed by atoms with Gasteiger partial charge >= 0.3 is 11.9 Å². The quantitative estimate of drug-likeness (QED) is 0.384. The van der Waals surface area contributed by atoms with Crippen molar-refractivity contribution in [3.63, 3.8) is 0 Å². The van der Waals surface area contributed by atoms with Crippen molar-refractivity contribution < 1.29 is 38.1 Å². The van der Waals surface area contributed by atoms with Crippen LogP contribution >= 0.6 is 0 Å². The third-order valence-corrected chi connectivity index (χ3v) is 6.98. The molecule has 1 heterocycles. The molecule has 0 saturated carbocycles. The summed E-state index contributed by atoms with van der Waals surface area (Å²) in [6.45, 7) is 5.04. The number of benzene rings is 2. The van der Waals surface area contributed by atoms with E-state index < -0.39 is 17.9 Å². The van der Waals surface area contributed by atoms with Gasteiger partial charge in [0.05, 0.1) is 33.5 Å². The molecule has 0 unspecified atom stereocenters. The highest BCUT2D eigenvalue weighted by atomic mass is 16.6. The molecule has 9 heteroatoms. The maximum atomic E-state index is 13.8. The predicted molar refractivity (Wildman–Crippen MR) is 143 cm³/mol. The number of hydrogen-bond acceptors (Lipinski definition) is 9. The Kier molecular flexibility index (Phi) is 8.28.